The predicted molar refractivity (Wildman–Crippen MR) is 176 cm³/mol. The number of aromatic nitrogens is 2. The van der Waals surface area contributed by atoms with Gasteiger partial charge >= 0.3 is 5.69 Å². The number of amides is 3. The predicted octanol–water partition coefficient (Wildman–Crippen LogP) is 2.51. The molecule has 0 bridgehead atoms. The van der Waals surface area contributed by atoms with Crippen LogP contribution in [0.1, 0.15) is 61.6 Å². The molecule has 1 aromatic heterocycles. The van der Waals surface area contributed by atoms with Gasteiger partial charge in [0.2, 0.25) is 12.5 Å². The maximum absolute atomic E-state index is 12.9. The fraction of sp³-hybridized carbons (Fsp3) is 0.562. The van der Waals surface area contributed by atoms with Crippen molar-refractivity contribution in [3.05, 3.63) is 79.9 Å². The number of aromatic amines is 1. The Morgan fingerprint density at radius 3 is 2.29 bits per heavy atom. The molecule has 2 aliphatic heterocycles. The molecule has 16 heteroatoms. The highest BCUT2D eigenvalue weighted by atomic mass is 31.2. The van der Waals surface area contributed by atoms with Gasteiger partial charge in [0.15, 0.2) is 6.23 Å². The van der Waals surface area contributed by atoms with Gasteiger partial charge in [-0.05, 0) is 39.8 Å². The van der Waals surface area contributed by atoms with Crippen molar-refractivity contribution in [2.75, 3.05) is 46.5 Å². The van der Waals surface area contributed by atoms with Crippen molar-refractivity contribution < 1.29 is 32.9 Å². The lowest BCUT2D eigenvalue weighted by Crippen LogP contribution is -2.42. The average molecular weight is 687 g/mol. The van der Waals surface area contributed by atoms with E-state index in [1.807, 2.05) is 34.6 Å². The average Bonchev–Trinajstić information content (AvgIpc) is 3.46. The van der Waals surface area contributed by atoms with Crippen LogP contribution in [0.15, 0.2) is 46.1 Å². The number of fused-ring (bicyclic) bond motifs is 1. The molecule has 0 radical (unpaired) electrons. The number of hydrogen-bond donors (Lipinski definition) is 1. The SMILES string of the molecule is [C-]#[N+]CCOP(O[C@H]1C(C)[C@@H](COCCN(C)C(=O)CN2C(=O)c3ccccc3C2=O)O[C@H]1n1ccc(=O)[nH]c1=O)N(C(C)C)C(C)C. The number of rotatable bonds is 16. The lowest BCUT2D eigenvalue weighted by molar-refractivity contribution is -0.131. The van der Waals surface area contributed by atoms with Crippen LogP contribution < -0.4 is 11.2 Å². The van der Waals surface area contributed by atoms with E-state index in [9.17, 15) is 24.0 Å². The van der Waals surface area contributed by atoms with Gasteiger partial charge in [-0.15, -0.1) is 0 Å². The lowest BCUT2D eigenvalue weighted by atomic mass is 10.0. The highest BCUT2D eigenvalue weighted by Crippen LogP contribution is 2.51. The maximum atomic E-state index is 12.9. The summed E-state index contributed by atoms with van der Waals surface area (Å²) in [6.07, 6.45) is -0.787. The van der Waals surface area contributed by atoms with Gasteiger partial charge in [0, 0.05) is 43.9 Å². The van der Waals surface area contributed by atoms with Gasteiger partial charge in [-0.3, -0.25) is 33.6 Å². The van der Waals surface area contributed by atoms with Crippen LogP contribution in [0.2, 0.25) is 0 Å². The van der Waals surface area contributed by atoms with Crippen molar-refractivity contribution in [2.24, 2.45) is 5.92 Å². The van der Waals surface area contributed by atoms with Crippen molar-refractivity contribution in [1.29, 1.82) is 0 Å². The second kappa shape index (κ2) is 16.6. The van der Waals surface area contributed by atoms with Gasteiger partial charge in [-0.1, -0.05) is 19.1 Å². The molecule has 1 N–H and O–H groups in total. The topological polar surface area (TPSA) is 157 Å². The third-order valence-electron chi connectivity index (χ3n) is 8.14. The molecule has 0 aliphatic carbocycles. The van der Waals surface area contributed by atoms with Crippen LogP contribution in [-0.2, 0) is 23.3 Å². The van der Waals surface area contributed by atoms with Crippen LogP contribution >= 0.6 is 8.53 Å². The molecule has 3 heterocycles. The van der Waals surface area contributed by atoms with E-state index < -0.39 is 55.9 Å². The molecule has 2 unspecified atom stereocenters. The van der Waals surface area contributed by atoms with E-state index in [2.05, 4.69) is 14.5 Å². The van der Waals surface area contributed by atoms with Crippen molar-refractivity contribution >= 4 is 26.2 Å². The van der Waals surface area contributed by atoms with Gasteiger partial charge in [-0.2, -0.15) is 0 Å². The normalized spacial score (nSPS) is 21.3. The molecular formula is C32H43N6O9P. The summed E-state index contributed by atoms with van der Waals surface area (Å²) in [7, 11) is -0.116. The van der Waals surface area contributed by atoms with Crippen molar-refractivity contribution in [2.45, 2.75) is 65.1 Å². The van der Waals surface area contributed by atoms with Crippen molar-refractivity contribution in [3.63, 3.8) is 0 Å². The van der Waals surface area contributed by atoms with E-state index in [-0.39, 0.29) is 68.6 Å². The van der Waals surface area contributed by atoms with Crippen LogP contribution in [-0.4, -0.2) is 113 Å². The summed E-state index contributed by atoms with van der Waals surface area (Å²) in [6.45, 7) is 17.5. The van der Waals surface area contributed by atoms with Gasteiger partial charge in [0.1, 0.15) is 19.3 Å². The zero-order valence-electron chi connectivity index (χ0n) is 28.0. The van der Waals surface area contributed by atoms with E-state index in [1.165, 1.54) is 21.7 Å². The third kappa shape index (κ3) is 8.44. The van der Waals surface area contributed by atoms with Gasteiger partial charge in [0.25, 0.3) is 25.9 Å². The maximum Gasteiger partial charge on any atom is 0.330 e. The van der Waals surface area contributed by atoms with E-state index in [0.717, 1.165) is 4.90 Å². The number of carbonyl (C=O) groups excluding carboxylic acids is 3. The first kappa shape index (κ1) is 37.1. The molecule has 1 fully saturated rings. The van der Waals surface area contributed by atoms with Crippen LogP contribution in [0.4, 0.5) is 0 Å². The molecule has 5 atom stereocenters. The van der Waals surface area contributed by atoms with E-state index >= 15 is 0 Å². The van der Waals surface area contributed by atoms with Crippen LogP contribution in [0.5, 0.6) is 0 Å². The summed E-state index contributed by atoms with van der Waals surface area (Å²) in [5.41, 5.74) is -0.645. The van der Waals surface area contributed by atoms with E-state index in [1.54, 1.807) is 31.3 Å². The smallest absolute Gasteiger partial charge is 0.330 e. The Labute approximate surface area is 280 Å². The van der Waals surface area contributed by atoms with Gasteiger partial charge < -0.3 is 28.3 Å². The molecule has 15 nitrogen and oxygen atoms in total. The highest BCUT2D eigenvalue weighted by molar-refractivity contribution is 7.44. The summed E-state index contributed by atoms with van der Waals surface area (Å²) in [5.74, 6) is -1.73. The molecule has 48 heavy (non-hydrogen) atoms. The second-order valence-electron chi connectivity index (χ2n) is 12.2. The Kier molecular flexibility index (Phi) is 12.8. The Morgan fingerprint density at radius 2 is 1.71 bits per heavy atom. The largest absolute Gasteiger partial charge is 0.377 e. The monoisotopic (exact) mass is 686 g/mol. The number of nitrogens with one attached hydrogen (secondary N) is 1. The number of H-pyrrole nitrogens is 1. The third-order valence-corrected chi connectivity index (χ3v) is 10.3. The summed E-state index contributed by atoms with van der Waals surface area (Å²) in [5, 5.41) is 0. The minimum absolute atomic E-state index is 0.0480. The zero-order valence-corrected chi connectivity index (χ0v) is 28.9. The number of likely N-dealkylation sites (N-methyl/N-ethyl adjacent to an activating group) is 1. The van der Waals surface area contributed by atoms with Crippen LogP contribution in [0.25, 0.3) is 4.85 Å². The minimum Gasteiger partial charge on any atom is -0.377 e. The minimum atomic E-state index is -1.68. The molecule has 1 saturated heterocycles. The van der Waals surface area contributed by atoms with Crippen LogP contribution in [0.3, 0.4) is 0 Å². The van der Waals surface area contributed by atoms with Crippen molar-refractivity contribution in [1.82, 2.24) is 24.0 Å². The first-order valence-corrected chi connectivity index (χ1v) is 16.9. The number of benzene rings is 1. The number of ether oxygens (including phenoxy) is 2. The summed E-state index contributed by atoms with van der Waals surface area (Å²) < 4.78 is 28.4. The van der Waals surface area contributed by atoms with Crippen molar-refractivity contribution in [3.8, 4) is 0 Å². The number of carbonyl (C=O) groups is 3. The Hall–Kier alpha value is -3.77. The molecule has 1 aromatic carbocycles. The quantitative estimate of drug-likeness (QED) is 0.121. The first-order chi connectivity index (χ1) is 22.8. The molecule has 260 valence electrons. The standard InChI is InChI=1S/C32H43N6O9P/c1-20(2)38(21(3)4)48(45-16-13-33-6)47-28-22(5)25(46-31(28)36-14-12-26(39)34-32(36)43)19-44-17-15-35(7)27(40)18-37-29(41)23-10-8-9-11-24(23)30(37)42/h8-12,14,20-22,25,28,31H,13,15-19H2,1-5,7H3,(H,34,39,43)/t22?,25-,28+,31-,48?/m1/s1. The molecule has 0 saturated carbocycles. The molecule has 0 spiro atoms. The number of imide groups is 1. The molecular weight excluding hydrogens is 643 g/mol. The lowest BCUT2D eigenvalue weighted by Gasteiger charge is -2.38. The summed E-state index contributed by atoms with van der Waals surface area (Å²) in [6, 6.07) is 7.78. The van der Waals surface area contributed by atoms with Gasteiger partial charge in [0.05, 0.1) is 30.4 Å². The molecule has 2 aromatic rings. The Balaban J connectivity index is 1.41. The molecule has 4 rings (SSSR count). The second-order valence-corrected chi connectivity index (χ2v) is 13.6. The number of hydrogen-bond acceptors (Lipinski definition) is 10. The zero-order chi connectivity index (χ0) is 35.1. The fourth-order valence-electron chi connectivity index (χ4n) is 5.60. The Morgan fingerprint density at radius 1 is 1.06 bits per heavy atom. The summed E-state index contributed by atoms with van der Waals surface area (Å²) >= 11 is 0. The van der Waals surface area contributed by atoms with E-state index in [4.69, 9.17) is 25.1 Å². The highest BCUT2D eigenvalue weighted by Gasteiger charge is 2.47. The molecule has 3 amide bonds. The Bertz CT molecular complexity index is 1580. The van der Waals surface area contributed by atoms with Gasteiger partial charge in [-0.25, -0.2) is 16.0 Å². The first-order valence-electron chi connectivity index (χ1n) is 15.8. The van der Waals surface area contributed by atoms with E-state index in [0.29, 0.717) is 0 Å². The number of nitrogens with zero attached hydrogens (tertiary/aromatic N) is 5. The van der Waals surface area contributed by atoms with Crippen LogP contribution in [0, 0.1) is 12.5 Å². The summed E-state index contributed by atoms with van der Waals surface area (Å²) in [4.78, 5) is 70.8. The fourth-order valence-corrected chi connectivity index (χ4v) is 7.40. The molecule has 2 aliphatic rings.